The van der Waals surface area contributed by atoms with Gasteiger partial charge in [0.2, 0.25) is 11.8 Å². The lowest BCUT2D eigenvalue weighted by atomic mass is 10.1. The van der Waals surface area contributed by atoms with Crippen molar-refractivity contribution in [2.24, 2.45) is 0 Å². The standard InChI is InChI=1S/C16H23ClN2O2/c1-4-8-15(20)19(14(5-2)16(21)18-3)11-12-9-6-7-10-13(12)17/h6-7,9-10,14H,4-5,8,11H2,1-3H3,(H,18,21)/t14-/m1/s1. The van der Waals surface area contributed by atoms with E-state index in [-0.39, 0.29) is 11.8 Å². The molecule has 1 rings (SSSR count). The molecule has 0 bridgehead atoms. The lowest BCUT2D eigenvalue weighted by Crippen LogP contribution is -2.48. The first kappa shape index (κ1) is 17.5. The van der Waals surface area contributed by atoms with E-state index < -0.39 is 6.04 Å². The largest absolute Gasteiger partial charge is 0.357 e. The molecule has 0 saturated carbocycles. The summed E-state index contributed by atoms with van der Waals surface area (Å²) in [7, 11) is 1.59. The van der Waals surface area contributed by atoms with Crippen LogP contribution in [-0.4, -0.2) is 29.8 Å². The molecule has 0 aliphatic heterocycles. The minimum absolute atomic E-state index is 0.0205. The molecule has 0 aromatic heterocycles. The third kappa shape index (κ3) is 4.74. The second-order valence-corrected chi connectivity index (χ2v) is 5.31. The SMILES string of the molecule is CCCC(=O)N(Cc1ccccc1Cl)[C@H](CC)C(=O)NC. The van der Waals surface area contributed by atoms with E-state index in [0.29, 0.717) is 24.4 Å². The monoisotopic (exact) mass is 310 g/mol. The molecule has 0 aliphatic carbocycles. The Bertz CT molecular complexity index is 491. The van der Waals surface area contributed by atoms with Gasteiger partial charge in [0.1, 0.15) is 6.04 Å². The fourth-order valence-electron chi connectivity index (χ4n) is 2.25. The van der Waals surface area contributed by atoms with Gasteiger partial charge >= 0.3 is 0 Å². The van der Waals surface area contributed by atoms with Crippen LogP contribution in [0.25, 0.3) is 0 Å². The number of likely N-dealkylation sites (N-methyl/N-ethyl adjacent to an activating group) is 1. The van der Waals surface area contributed by atoms with Gasteiger partial charge in [-0.3, -0.25) is 9.59 Å². The van der Waals surface area contributed by atoms with Gasteiger partial charge in [0.25, 0.3) is 0 Å². The quantitative estimate of drug-likeness (QED) is 0.841. The summed E-state index contributed by atoms with van der Waals surface area (Å²) in [6.45, 7) is 4.20. The van der Waals surface area contributed by atoms with Gasteiger partial charge in [0.05, 0.1) is 0 Å². The van der Waals surface area contributed by atoms with E-state index in [0.717, 1.165) is 12.0 Å². The summed E-state index contributed by atoms with van der Waals surface area (Å²) in [5.74, 6) is -0.165. The number of benzene rings is 1. The van der Waals surface area contributed by atoms with Gasteiger partial charge in [-0.05, 0) is 24.5 Å². The van der Waals surface area contributed by atoms with Crippen LogP contribution in [0.1, 0.15) is 38.7 Å². The summed E-state index contributed by atoms with van der Waals surface area (Å²) in [6, 6.07) is 6.93. The van der Waals surface area contributed by atoms with Crippen molar-refractivity contribution in [3.63, 3.8) is 0 Å². The van der Waals surface area contributed by atoms with Crippen LogP contribution in [0.15, 0.2) is 24.3 Å². The molecule has 0 unspecified atom stereocenters. The van der Waals surface area contributed by atoms with Crippen molar-refractivity contribution in [3.8, 4) is 0 Å². The molecule has 1 atom stereocenters. The minimum Gasteiger partial charge on any atom is -0.357 e. The molecule has 0 fully saturated rings. The molecule has 0 saturated heterocycles. The van der Waals surface area contributed by atoms with Crippen LogP contribution in [-0.2, 0) is 16.1 Å². The normalized spacial score (nSPS) is 11.8. The van der Waals surface area contributed by atoms with Gasteiger partial charge in [-0.2, -0.15) is 0 Å². The first-order valence-electron chi connectivity index (χ1n) is 7.29. The van der Waals surface area contributed by atoms with Crippen LogP contribution in [0, 0.1) is 0 Å². The summed E-state index contributed by atoms with van der Waals surface area (Å²) in [5, 5.41) is 3.24. The van der Waals surface area contributed by atoms with Crippen LogP contribution < -0.4 is 5.32 Å². The van der Waals surface area contributed by atoms with E-state index in [9.17, 15) is 9.59 Å². The van der Waals surface area contributed by atoms with Crippen LogP contribution in [0.3, 0.4) is 0 Å². The maximum atomic E-state index is 12.4. The molecule has 2 amide bonds. The number of hydrogen-bond donors (Lipinski definition) is 1. The molecule has 1 N–H and O–H groups in total. The predicted octanol–water partition coefficient (Wildman–Crippen LogP) is 2.99. The molecule has 116 valence electrons. The molecule has 21 heavy (non-hydrogen) atoms. The van der Waals surface area contributed by atoms with Crippen molar-refractivity contribution in [1.29, 1.82) is 0 Å². The Balaban J connectivity index is 3.04. The summed E-state index contributed by atoms with van der Waals surface area (Å²) >= 11 is 6.17. The van der Waals surface area contributed by atoms with Gasteiger partial charge < -0.3 is 10.2 Å². The number of carbonyl (C=O) groups excluding carboxylic acids is 2. The summed E-state index contributed by atoms with van der Waals surface area (Å²) in [4.78, 5) is 26.0. The lowest BCUT2D eigenvalue weighted by Gasteiger charge is -2.30. The minimum atomic E-state index is -0.467. The van der Waals surface area contributed by atoms with Crippen molar-refractivity contribution < 1.29 is 9.59 Å². The highest BCUT2D eigenvalue weighted by Crippen LogP contribution is 2.20. The zero-order valence-corrected chi connectivity index (χ0v) is 13.6. The highest BCUT2D eigenvalue weighted by atomic mass is 35.5. The van der Waals surface area contributed by atoms with Crippen LogP contribution >= 0.6 is 11.6 Å². The average molecular weight is 311 g/mol. The van der Waals surface area contributed by atoms with Crippen molar-refractivity contribution in [2.45, 2.75) is 45.7 Å². The third-order valence-corrected chi connectivity index (χ3v) is 3.76. The van der Waals surface area contributed by atoms with Crippen molar-refractivity contribution in [1.82, 2.24) is 10.2 Å². The lowest BCUT2D eigenvalue weighted by molar-refractivity contribution is -0.141. The summed E-state index contributed by atoms with van der Waals surface area (Å²) < 4.78 is 0. The molecule has 0 heterocycles. The van der Waals surface area contributed by atoms with Gasteiger partial charge in [-0.25, -0.2) is 0 Å². The molecule has 4 nitrogen and oxygen atoms in total. The smallest absolute Gasteiger partial charge is 0.242 e. The number of hydrogen-bond acceptors (Lipinski definition) is 2. The molecular formula is C16H23ClN2O2. The number of rotatable bonds is 7. The number of nitrogens with one attached hydrogen (secondary N) is 1. The molecule has 0 aliphatic rings. The first-order chi connectivity index (χ1) is 10.0. The molecule has 5 heteroatoms. The number of carbonyl (C=O) groups is 2. The van der Waals surface area contributed by atoms with Gasteiger partial charge in [0.15, 0.2) is 0 Å². The van der Waals surface area contributed by atoms with Crippen molar-refractivity contribution in [3.05, 3.63) is 34.9 Å². The van der Waals surface area contributed by atoms with Gasteiger partial charge in [0, 0.05) is 25.0 Å². The van der Waals surface area contributed by atoms with E-state index in [4.69, 9.17) is 11.6 Å². The Kier molecular flexibility index (Phi) is 7.23. The van der Waals surface area contributed by atoms with E-state index in [1.807, 2.05) is 32.0 Å². The highest BCUT2D eigenvalue weighted by Gasteiger charge is 2.27. The average Bonchev–Trinajstić information content (AvgIpc) is 2.48. The van der Waals surface area contributed by atoms with E-state index in [2.05, 4.69) is 5.32 Å². The maximum Gasteiger partial charge on any atom is 0.242 e. The second kappa shape index (κ2) is 8.67. The topological polar surface area (TPSA) is 49.4 Å². The summed E-state index contributed by atoms with van der Waals surface area (Å²) in [5.41, 5.74) is 0.853. The van der Waals surface area contributed by atoms with Crippen LogP contribution in [0.2, 0.25) is 5.02 Å². The van der Waals surface area contributed by atoms with Gasteiger partial charge in [-0.15, -0.1) is 0 Å². The Morgan fingerprint density at radius 1 is 1.29 bits per heavy atom. The second-order valence-electron chi connectivity index (χ2n) is 4.90. The van der Waals surface area contributed by atoms with E-state index >= 15 is 0 Å². The molecule has 1 aromatic rings. The third-order valence-electron chi connectivity index (χ3n) is 3.39. The van der Waals surface area contributed by atoms with Crippen molar-refractivity contribution >= 4 is 23.4 Å². The Hall–Kier alpha value is -1.55. The number of amides is 2. The van der Waals surface area contributed by atoms with Gasteiger partial charge in [-0.1, -0.05) is 43.6 Å². The number of halogens is 1. The predicted molar refractivity (Wildman–Crippen MR) is 85.1 cm³/mol. The molecular weight excluding hydrogens is 288 g/mol. The molecule has 0 radical (unpaired) electrons. The van der Waals surface area contributed by atoms with Crippen molar-refractivity contribution in [2.75, 3.05) is 7.05 Å². The van der Waals surface area contributed by atoms with E-state index in [1.54, 1.807) is 18.0 Å². The Morgan fingerprint density at radius 3 is 2.48 bits per heavy atom. The van der Waals surface area contributed by atoms with E-state index in [1.165, 1.54) is 0 Å². The highest BCUT2D eigenvalue weighted by molar-refractivity contribution is 6.31. The van der Waals surface area contributed by atoms with Crippen LogP contribution in [0.5, 0.6) is 0 Å². The molecule has 0 spiro atoms. The fourth-order valence-corrected chi connectivity index (χ4v) is 2.45. The maximum absolute atomic E-state index is 12.4. The number of nitrogens with zero attached hydrogens (tertiary/aromatic N) is 1. The zero-order valence-electron chi connectivity index (χ0n) is 12.9. The summed E-state index contributed by atoms with van der Waals surface area (Å²) in [6.07, 6.45) is 1.75. The first-order valence-corrected chi connectivity index (χ1v) is 7.67. The Morgan fingerprint density at radius 2 is 1.95 bits per heavy atom. The Labute approximate surface area is 131 Å². The fraction of sp³-hybridized carbons (Fsp3) is 0.500. The molecule has 1 aromatic carbocycles. The van der Waals surface area contributed by atoms with Crippen LogP contribution in [0.4, 0.5) is 0 Å². The zero-order chi connectivity index (χ0) is 15.8.